The number of aliphatic hydroxyl groups is 1. The van der Waals surface area contributed by atoms with Crippen LogP contribution in [0.4, 0.5) is 36.3 Å². The van der Waals surface area contributed by atoms with Crippen LogP contribution in [0.3, 0.4) is 0 Å². The van der Waals surface area contributed by atoms with Crippen molar-refractivity contribution in [3.05, 3.63) is 107 Å². The number of aliphatic hydroxyl groups excluding tert-OH is 1. The van der Waals surface area contributed by atoms with Crippen LogP contribution in [0.2, 0.25) is 0 Å². The van der Waals surface area contributed by atoms with Gasteiger partial charge in [0.05, 0.1) is 60.6 Å². The van der Waals surface area contributed by atoms with Gasteiger partial charge in [-0.05, 0) is 65.4 Å². The molecule has 1 fully saturated rings. The molecule has 18 nitrogen and oxygen atoms in total. The number of benzene rings is 3. The average Bonchev–Trinajstić information content (AvgIpc) is 3.95. The van der Waals surface area contributed by atoms with Crippen molar-refractivity contribution in [2.24, 2.45) is 5.41 Å². The SMILES string of the molecule is Cc1ncsc1-c1ccc(CNC(=O)[C@@H]2C[C@@H](O)CN2C(=O)[C@@H](NC(=O)CCOCCOCCOc2ccc(Nc3ncc(C(F)(F)F)c(NCc4cccc(N(C)S(C)(=O)=O)c4)n3)cc2)C(C)(C)C)cc1. The number of aryl methyl sites for hydroxylation is 1. The van der Waals surface area contributed by atoms with Crippen molar-refractivity contribution in [3.63, 3.8) is 0 Å². The van der Waals surface area contributed by atoms with Crippen molar-refractivity contribution in [2.75, 3.05) is 67.8 Å². The Kier molecular flexibility index (Phi) is 18.6. The first kappa shape index (κ1) is 54.9. The van der Waals surface area contributed by atoms with Crippen LogP contribution in [0.15, 0.2) is 84.5 Å². The summed E-state index contributed by atoms with van der Waals surface area (Å²) in [6, 6.07) is 18.8. The summed E-state index contributed by atoms with van der Waals surface area (Å²) >= 11 is 1.56. The topological polar surface area (TPSA) is 227 Å². The molecule has 3 heterocycles. The lowest BCUT2D eigenvalue weighted by Crippen LogP contribution is -2.57. The predicted molar refractivity (Wildman–Crippen MR) is 267 cm³/mol. The summed E-state index contributed by atoms with van der Waals surface area (Å²) in [5, 5.41) is 21.9. The van der Waals surface area contributed by atoms with Crippen molar-refractivity contribution in [2.45, 2.75) is 78.0 Å². The molecule has 0 spiro atoms. The van der Waals surface area contributed by atoms with Crippen LogP contribution in [-0.4, -0.2) is 122 Å². The zero-order valence-electron chi connectivity index (χ0n) is 40.8. The van der Waals surface area contributed by atoms with Gasteiger partial charge in [-0.25, -0.2) is 18.4 Å². The Morgan fingerprint density at radius 2 is 1.62 bits per heavy atom. The van der Waals surface area contributed by atoms with Crippen LogP contribution in [0, 0.1) is 12.3 Å². The Labute approximate surface area is 420 Å². The molecule has 0 aliphatic carbocycles. The van der Waals surface area contributed by atoms with Gasteiger partial charge in [0.1, 0.15) is 35.8 Å². The van der Waals surface area contributed by atoms with Crippen LogP contribution in [-0.2, 0) is 53.1 Å². The fourth-order valence-electron chi connectivity index (χ4n) is 7.51. The number of alkyl halides is 3. The van der Waals surface area contributed by atoms with Crippen LogP contribution < -0.4 is 30.3 Å². The number of aromatic nitrogens is 3. The van der Waals surface area contributed by atoms with Gasteiger partial charge in [0, 0.05) is 51.4 Å². The largest absolute Gasteiger partial charge is 0.491 e. The van der Waals surface area contributed by atoms with E-state index >= 15 is 0 Å². The molecule has 3 aromatic carbocycles. The molecule has 2 aromatic heterocycles. The maximum Gasteiger partial charge on any atom is 0.421 e. The van der Waals surface area contributed by atoms with Gasteiger partial charge in [-0.2, -0.15) is 18.2 Å². The highest BCUT2D eigenvalue weighted by molar-refractivity contribution is 7.92. The van der Waals surface area contributed by atoms with E-state index in [1.165, 1.54) is 11.9 Å². The maximum atomic E-state index is 14.0. The fourth-order valence-corrected chi connectivity index (χ4v) is 8.81. The number of sulfonamides is 1. The van der Waals surface area contributed by atoms with Gasteiger partial charge >= 0.3 is 6.18 Å². The Bertz CT molecular complexity index is 2740. The van der Waals surface area contributed by atoms with E-state index in [4.69, 9.17) is 14.2 Å². The van der Waals surface area contributed by atoms with Crippen molar-refractivity contribution >= 4 is 62.2 Å². The number of rotatable bonds is 23. The number of halogens is 3. The Morgan fingerprint density at radius 3 is 2.28 bits per heavy atom. The lowest BCUT2D eigenvalue weighted by molar-refractivity contribution is -0.144. The molecule has 0 unspecified atom stereocenters. The van der Waals surface area contributed by atoms with E-state index in [-0.39, 0.29) is 71.5 Å². The van der Waals surface area contributed by atoms with Crippen molar-refractivity contribution in [1.82, 2.24) is 30.5 Å². The van der Waals surface area contributed by atoms with Crippen LogP contribution in [0.5, 0.6) is 5.75 Å². The first-order valence-corrected chi connectivity index (χ1v) is 25.7. The van der Waals surface area contributed by atoms with E-state index in [0.29, 0.717) is 28.9 Å². The molecule has 5 aromatic rings. The molecule has 1 aliphatic heterocycles. The second-order valence-corrected chi connectivity index (χ2v) is 21.0. The molecule has 3 atom stereocenters. The van der Waals surface area contributed by atoms with Crippen molar-refractivity contribution < 1.29 is 55.3 Å². The number of hydrogen-bond acceptors (Lipinski definition) is 15. The summed E-state index contributed by atoms with van der Waals surface area (Å²) in [5.41, 5.74) is 4.20. The molecule has 388 valence electrons. The fraction of sp³-hybridized carbons (Fsp3) is 0.429. The quantitative estimate of drug-likeness (QED) is 0.0454. The Hall–Kier alpha value is -6.40. The first-order valence-electron chi connectivity index (χ1n) is 23.0. The van der Waals surface area contributed by atoms with E-state index < -0.39 is 68.9 Å². The van der Waals surface area contributed by atoms with Gasteiger partial charge in [0.15, 0.2) is 0 Å². The molecule has 0 radical (unpaired) electrons. The number of nitrogens with one attached hydrogen (secondary N) is 4. The summed E-state index contributed by atoms with van der Waals surface area (Å²) in [4.78, 5) is 55.1. The monoisotopic (exact) mass is 1040 g/mol. The van der Waals surface area contributed by atoms with Gasteiger partial charge in [-0.15, -0.1) is 11.3 Å². The third-order valence-corrected chi connectivity index (χ3v) is 13.7. The number of amides is 3. The number of ether oxygens (including phenoxy) is 3. The molecule has 23 heteroatoms. The molecule has 6 rings (SSSR count). The number of carbonyl (C=O) groups excluding carboxylic acids is 3. The zero-order valence-corrected chi connectivity index (χ0v) is 42.4. The second-order valence-electron chi connectivity index (χ2n) is 18.1. The maximum absolute atomic E-state index is 14.0. The van der Waals surface area contributed by atoms with Gasteiger partial charge in [-0.1, -0.05) is 57.2 Å². The highest BCUT2D eigenvalue weighted by atomic mass is 32.2. The number of nitrogens with zero attached hydrogens (tertiary/aromatic N) is 5. The van der Waals surface area contributed by atoms with Gasteiger partial charge in [-0.3, -0.25) is 18.7 Å². The first-order chi connectivity index (χ1) is 34.1. The number of hydrogen-bond donors (Lipinski definition) is 5. The van der Waals surface area contributed by atoms with Gasteiger partial charge in [0.25, 0.3) is 0 Å². The van der Waals surface area contributed by atoms with E-state index in [2.05, 4.69) is 36.2 Å². The third kappa shape index (κ3) is 15.6. The van der Waals surface area contributed by atoms with Gasteiger partial charge < -0.3 is 45.5 Å². The number of carbonyl (C=O) groups is 3. The minimum Gasteiger partial charge on any atom is -0.491 e. The van der Waals surface area contributed by atoms with E-state index in [1.54, 1.807) is 65.4 Å². The minimum atomic E-state index is -4.75. The normalized spacial score (nSPS) is 15.4. The molecular weight excluding hydrogens is 980 g/mol. The van der Waals surface area contributed by atoms with Crippen molar-refractivity contribution in [1.29, 1.82) is 0 Å². The van der Waals surface area contributed by atoms with Crippen LogP contribution in [0.25, 0.3) is 10.4 Å². The zero-order chi connectivity index (χ0) is 52.2. The smallest absolute Gasteiger partial charge is 0.421 e. The number of likely N-dealkylation sites (tertiary alicyclic amines) is 1. The molecule has 0 bridgehead atoms. The summed E-state index contributed by atoms with van der Waals surface area (Å²) in [6.45, 7) is 8.38. The number of anilines is 4. The molecular formula is C49H60F3N9O9S2. The summed E-state index contributed by atoms with van der Waals surface area (Å²) in [7, 11) is -2.17. The van der Waals surface area contributed by atoms with E-state index in [1.807, 2.05) is 52.0 Å². The highest BCUT2D eigenvalue weighted by Crippen LogP contribution is 2.35. The Balaban J connectivity index is 0.883. The molecule has 72 heavy (non-hydrogen) atoms. The average molecular weight is 1040 g/mol. The van der Waals surface area contributed by atoms with E-state index in [9.17, 15) is 41.1 Å². The standard InChI is InChI=1S/C49H60F3N9O9S2/c1-31-42(71-30-56-31)34-12-10-32(11-13-34)26-54-45(64)40-25-37(62)29-61(40)46(65)43(48(2,3)4)58-41(63)18-19-68-20-21-69-22-23-70-38-16-14-35(15-17-38)57-47-55-28-39(49(50,51)52)44(59-47)53-27-33-8-7-9-36(24-33)60(5)72(6,66)67/h7-17,24,28,30,37,40,43,62H,18-23,25-27,29H2,1-6H3,(H,54,64)(H,58,63)(H2,53,55,57,59)/t37-,40+,43-/m1/s1. The third-order valence-electron chi connectivity index (χ3n) is 11.5. The lowest BCUT2D eigenvalue weighted by atomic mass is 9.85. The van der Waals surface area contributed by atoms with E-state index in [0.717, 1.165) is 32.3 Å². The van der Waals surface area contributed by atoms with Crippen LogP contribution >= 0.6 is 11.3 Å². The number of thiazole rings is 1. The Morgan fingerprint density at radius 1 is 0.931 bits per heavy atom. The summed E-state index contributed by atoms with van der Waals surface area (Å²) < 4.78 is 83.5. The van der Waals surface area contributed by atoms with Gasteiger partial charge in [0.2, 0.25) is 33.7 Å². The molecule has 0 saturated carbocycles. The molecule has 5 N–H and O–H groups in total. The van der Waals surface area contributed by atoms with Crippen molar-refractivity contribution in [3.8, 4) is 16.2 Å². The summed E-state index contributed by atoms with van der Waals surface area (Å²) in [6.07, 6.45) is -3.88. The lowest BCUT2D eigenvalue weighted by Gasteiger charge is -2.35. The molecule has 3 amide bonds. The molecule has 1 aliphatic rings. The highest BCUT2D eigenvalue weighted by Gasteiger charge is 2.44. The second kappa shape index (κ2) is 24.3. The van der Waals surface area contributed by atoms with Crippen LogP contribution in [0.1, 0.15) is 56.0 Å². The minimum absolute atomic E-state index is 0.0334. The predicted octanol–water partition coefficient (Wildman–Crippen LogP) is 6.29. The molecule has 1 saturated heterocycles. The summed E-state index contributed by atoms with van der Waals surface area (Å²) in [5.74, 6) is -1.34. The number of β-amino-alcohol motifs (C(OH)–C–C–N with tert-alkyl or cyclic N) is 1.